The van der Waals surface area contributed by atoms with Crippen LogP contribution in [0.2, 0.25) is 5.02 Å². The molecule has 7 heteroatoms. The van der Waals surface area contributed by atoms with Crippen LogP contribution in [0.5, 0.6) is 0 Å². The molecule has 6 nitrogen and oxygen atoms in total. The van der Waals surface area contributed by atoms with Gasteiger partial charge in [0.1, 0.15) is 6.10 Å². The van der Waals surface area contributed by atoms with Crippen LogP contribution in [0, 0.1) is 70.0 Å². The molecule has 0 saturated carbocycles. The molecule has 2 heterocycles. The highest BCUT2D eigenvalue weighted by Crippen LogP contribution is 2.69. The number of halogens is 1. The normalized spacial score (nSPS) is 30.5. The van der Waals surface area contributed by atoms with Crippen molar-refractivity contribution in [2.75, 3.05) is 0 Å². The van der Waals surface area contributed by atoms with E-state index >= 15 is 0 Å². The third-order valence-electron chi connectivity index (χ3n) is 6.61. The molecular formula is C24H19ClN4O2. The first-order valence-corrected chi connectivity index (χ1v) is 10.1. The first kappa shape index (κ1) is 20.9. The second kappa shape index (κ2) is 6.82. The van der Waals surface area contributed by atoms with Gasteiger partial charge >= 0.3 is 0 Å². The molecule has 2 aromatic carbocycles. The van der Waals surface area contributed by atoms with E-state index in [0.717, 1.165) is 11.1 Å². The minimum absolute atomic E-state index is 0.438. The Morgan fingerprint density at radius 2 is 1.74 bits per heavy atom. The minimum atomic E-state index is -1.99. The summed E-state index contributed by atoms with van der Waals surface area (Å²) in [7, 11) is 0. The molecule has 0 spiro atoms. The van der Waals surface area contributed by atoms with Gasteiger partial charge in [0.05, 0.1) is 24.1 Å². The maximum atomic E-state index is 10.4. The third-order valence-corrected chi connectivity index (χ3v) is 6.85. The highest BCUT2D eigenvalue weighted by atomic mass is 35.5. The summed E-state index contributed by atoms with van der Waals surface area (Å²) in [5, 5.41) is 40.0. The molecule has 4 unspecified atom stereocenters. The Kier molecular flexibility index (Phi) is 4.60. The van der Waals surface area contributed by atoms with E-state index in [0.29, 0.717) is 16.1 Å². The van der Waals surface area contributed by atoms with Gasteiger partial charge in [-0.15, -0.1) is 0 Å². The summed E-state index contributed by atoms with van der Waals surface area (Å²) >= 11 is 6.22. The SMILES string of the molecule is Cc1ccc(C)c(C2OC3(c4cccc(Cl)c4)OC(=N)C(C#N)(C3C)C2(C#N)C#N)c1. The lowest BCUT2D eigenvalue weighted by Gasteiger charge is -2.49. The van der Waals surface area contributed by atoms with Crippen molar-refractivity contribution < 1.29 is 9.47 Å². The summed E-state index contributed by atoms with van der Waals surface area (Å²) in [5.41, 5.74) is -0.972. The maximum Gasteiger partial charge on any atom is 0.244 e. The van der Waals surface area contributed by atoms with Gasteiger partial charge in [0.25, 0.3) is 0 Å². The molecule has 0 amide bonds. The van der Waals surface area contributed by atoms with Crippen molar-refractivity contribution in [1.82, 2.24) is 0 Å². The van der Waals surface area contributed by atoms with E-state index in [1.807, 2.05) is 32.0 Å². The van der Waals surface area contributed by atoms with E-state index in [4.69, 9.17) is 26.5 Å². The van der Waals surface area contributed by atoms with Crippen molar-refractivity contribution in [1.29, 1.82) is 21.2 Å². The van der Waals surface area contributed by atoms with Crippen LogP contribution in [0.3, 0.4) is 0 Å². The Morgan fingerprint density at radius 1 is 1.03 bits per heavy atom. The van der Waals surface area contributed by atoms with Crippen LogP contribution in [0.1, 0.15) is 35.3 Å². The molecule has 0 aromatic heterocycles. The molecule has 2 aliphatic rings. The van der Waals surface area contributed by atoms with Gasteiger partial charge in [-0.05, 0) is 37.1 Å². The topological polar surface area (TPSA) is 114 Å². The Bertz CT molecular complexity index is 1220. The van der Waals surface area contributed by atoms with Gasteiger partial charge in [-0.25, -0.2) is 0 Å². The van der Waals surface area contributed by atoms with Gasteiger partial charge in [-0.2, -0.15) is 15.8 Å². The molecule has 4 atom stereocenters. The number of aryl methyl sites for hydroxylation is 2. The first-order chi connectivity index (χ1) is 14.7. The zero-order chi connectivity index (χ0) is 22.6. The summed E-state index contributed by atoms with van der Waals surface area (Å²) in [6.07, 6.45) is -1.12. The smallest absolute Gasteiger partial charge is 0.244 e. The molecule has 2 aromatic rings. The number of fused-ring (bicyclic) bond motifs is 2. The fraction of sp³-hybridized carbons (Fsp3) is 0.333. The first-order valence-electron chi connectivity index (χ1n) is 9.75. The summed E-state index contributed by atoms with van der Waals surface area (Å²) in [5.74, 6) is -2.81. The molecule has 31 heavy (non-hydrogen) atoms. The molecule has 4 rings (SSSR count). The van der Waals surface area contributed by atoms with Gasteiger partial charge in [0, 0.05) is 10.6 Å². The molecule has 0 radical (unpaired) electrons. The lowest BCUT2D eigenvalue weighted by atomic mass is 9.53. The fourth-order valence-electron chi connectivity index (χ4n) is 4.89. The molecule has 2 fully saturated rings. The second-order valence-corrected chi connectivity index (χ2v) is 8.58. The standard InChI is InChI=1S/C24H19ClN4O2/c1-14-7-8-15(2)19(9-14)20-22(11-26,12-27)23(13-28)16(3)24(30-20,31-21(23)29)17-5-4-6-18(25)10-17/h4-10,16,20,29H,1-3H3. The van der Waals surface area contributed by atoms with Crippen molar-refractivity contribution in [3.05, 3.63) is 69.7 Å². The van der Waals surface area contributed by atoms with Gasteiger partial charge in [-0.3, -0.25) is 5.41 Å². The zero-order valence-electron chi connectivity index (χ0n) is 17.2. The summed E-state index contributed by atoms with van der Waals surface area (Å²) < 4.78 is 12.5. The zero-order valence-corrected chi connectivity index (χ0v) is 18.0. The van der Waals surface area contributed by atoms with Gasteiger partial charge in [-0.1, -0.05) is 54.4 Å². The number of ether oxygens (including phenoxy) is 2. The maximum absolute atomic E-state index is 10.4. The average Bonchev–Trinajstić information content (AvgIpc) is 2.92. The van der Waals surface area contributed by atoms with Crippen LogP contribution < -0.4 is 0 Å². The second-order valence-electron chi connectivity index (χ2n) is 8.14. The van der Waals surface area contributed by atoms with E-state index in [2.05, 4.69) is 18.2 Å². The highest BCUT2D eigenvalue weighted by Gasteiger charge is 2.79. The molecule has 2 saturated heterocycles. The molecule has 0 aliphatic carbocycles. The largest absolute Gasteiger partial charge is 0.443 e. The van der Waals surface area contributed by atoms with E-state index in [1.165, 1.54) is 0 Å². The lowest BCUT2D eigenvalue weighted by Crippen LogP contribution is -2.57. The van der Waals surface area contributed by atoms with Crippen LogP contribution in [0.4, 0.5) is 0 Å². The Morgan fingerprint density at radius 3 is 2.35 bits per heavy atom. The average molecular weight is 431 g/mol. The number of rotatable bonds is 2. The number of hydrogen-bond donors (Lipinski definition) is 1. The van der Waals surface area contributed by atoms with Crippen LogP contribution in [-0.4, -0.2) is 5.90 Å². The lowest BCUT2D eigenvalue weighted by molar-refractivity contribution is -0.288. The minimum Gasteiger partial charge on any atom is -0.443 e. The van der Waals surface area contributed by atoms with Crippen molar-refractivity contribution in [3.8, 4) is 18.2 Å². The fourth-order valence-corrected chi connectivity index (χ4v) is 5.09. The van der Waals surface area contributed by atoms with Crippen molar-refractivity contribution in [3.63, 3.8) is 0 Å². The van der Waals surface area contributed by atoms with Crippen molar-refractivity contribution in [2.24, 2.45) is 16.7 Å². The number of nitrogens with zero attached hydrogens (tertiary/aromatic N) is 3. The molecule has 1 N–H and O–H groups in total. The van der Waals surface area contributed by atoms with E-state index in [1.54, 1.807) is 31.2 Å². The van der Waals surface area contributed by atoms with Gasteiger partial charge < -0.3 is 9.47 Å². The van der Waals surface area contributed by atoms with Crippen molar-refractivity contribution in [2.45, 2.75) is 32.7 Å². The van der Waals surface area contributed by atoms with E-state index < -0.39 is 34.5 Å². The Hall–Kier alpha value is -3.37. The monoisotopic (exact) mass is 430 g/mol. The van der Waals surface area contributed by atoms with Gasteiger partial charge in [0.15, 0.2) is 5.41 Å². The third kappa shape index (κ3) is 2.42. The van der Waals surface area contributed by atoms with Crippen LogP contribution in [-0.2, 0) is 15.3 Å². The van der Waals surface area contributed by atoms with Gasteiger partial charge in [0.2, 0.25) is 17.1 Å². The predicted molar refractivity (Wildman–Crippen MR) is 113 cm³/mol. The molecule has 2 bridgehead atoms. The molecule has 2 aliphatic heterocycles. The number of nitrogens with one attached hydrogen (secondary N) is 1. The van der Waals surface area contributed by atoms with E-state index in [9.17, 15) is 15.8 Å². The quantitative estimate of drug-likeness (QED) is 0.714. The highest BCUT2D eigenvalue weighted by molar-refractivity contribution is 6.30. The van der Waals surface area contributed by atoms with E-state index in [-0.39, 0.29) is 0 Å². The van der Waals surface area contributed by atoms with Crippen LogP contribution in [0.25, 0.3) is 0 Å². The van der Waals surface area contributed by atoms with Crippen molar-refractivity contribution >= 4 is 17.5 Å². The Balaban J connectivity index is 2.09. The molecular weight excluding hydrogens is 412 g/mol. The van der Waals surface area contributed by atoms with Crippen LogP contribution in [0.15, 0.2) is 42.5 Å². The predicted octanol–water partition coefficient (Wildman–Crippen LogP) is 5.07. The summed E-state index contributed by atoms with van der Waals surface area (Å²) in [6.45, 7) is 5.43. The summed E-state index contributed by atoms with van der Waals surface area (Å²) in [6, 6.07) is 18.7. The number of hydrogen-bond acceptors (Lipinski definition) is 6. The van der Waals surface area contributed by atoms with Crippen LogP contribution >= 0.6 is 11.6 Å². The number of nitriles is 3. The Labute approximate surface area is 185 Å². The number of benzene rings is 2. The molecule has 154 valence electrons. The summed E-state index contributed by atoms with van der Waals surface area (Å²) in [4.78, 5) is 0.